The van der Waals surface area contributed by atoms with E-state index in [0.717, 1.165) is 6.42 Å². The average Bonchev–Trinajstić information content (AvgIpc) is 2.89. The van der Waals surface area contributed by atoms with E-state index < -0.39 is 10.2 Å². The second kappa shape index (κ2) is 6.51. The average molecular weight is 299 g/mol. The summed E-state index contributed by atoms with van der Waals surface area (Å²) >= 11 is 0. The molecule has 0 aromatic carbocycles. The minimum absolute atomic E-state index is 0.107. The fraction of sp³-hybridized carbons (Fsp3) is 0.615. The number of ether oxygens (including phenoxy) is 1. The molecule has 0 bridgehead atoms. The van der Waals surface area contributed by atoms with Crippen LogP contribution in [0.15, 0.2) is 24.5 Å². The van der Waals surface area contributed by atoms with E-state index in [0.29, 0.717) is 31.8 Å². The molecular formula is C13H21N3O3S. The van der Waals surface area contributed by atoms with Gasteiger partial charge >= 0.3 is 0 Å². The zero-order valence-corrected chi connectivity index (χ0v) is 12.7. The lowest BCUT2D eigenvalue weighted by Gasteiger charge is -2.23. The first-order valence-corrected chi connectivity index (χ1v) is 8.22. The summed E-state index contributed by atoms with van der Waals surface area (Å²) < 4.78 is 33.3. The van der Waals surface area contributed by atoms with Crippen molar-refractivity contribution in [2.75, 3.05) is 26.7 Å². The Morgan fingerprint density at radius 2 is 2.35 bits per heavy atom. The molecule has 2 rings (SSSR count). The molecule has 1 fully saturated rings. The Bertz CT molecular complexity index is 521. The van der Waals surface area contributed by atoms with Crippen LogP contribution < -0.4 is 4.74 Å². The highest BCUT2D eigenvalue weighted by Crippen LogP contribution is 2.20. The zero-order valence-electron chi connectivity index (χ0n) is 11.9. The SMILES string of the molecule is CCCN(C)S(=O)(=O)N1CC[C@@H](Oc2cccnc2)C1. The Morgan fingerprint density at radius 1 is 1.55 bits per heavy atom. The Labute approximate surface area is 120 Å². The van der Waals surface area contributed by atoms with Crippen molar-refractivity contribution in [1.82, 2.24) is 13.6 Å². The van der Waals surface area contributed by atoms with E-state index >= 15 is 0 Å². The predicted molar refractivity (Wildman–Crippen MR) is 76.7 cm³/mol. The summed E-state index contributed by atoms with van der Waals surface area (Å²) in [4.78, 5) is 3.98. The van der Waals surface area contributed by atoms with Crippen LogP contribution in [0.2, 0.25) is 0 Å². The van der Waals surface area contributed by atoms with Gasteiger partial charge in [-0.05, 0) is 25.0 Å². The van der Waals surface area contributed by atoms with Gasteiger partial charge < -0.3 is 4.74 Å². The van der Waals surface area contributed by atoms with Gasteiger partial charge in [-0.15, -0.1) is 0 Å². The highest BCUT2D eigenvalue weighted by atomic mass is 32.2. The van der Waals surface area contributed by atoms with Crippen LogP contribution >= 0.6 is 0 Å². The van der Waals surface area contributed by atoms with Gasteiger partial charge in [0.2, 0.25) is 0 Å². The second-order valence-corrected chi connectivity index (χ2v) is 6.94. The van der Waals surface area contributed by atoms with Crippen molar-refractivity contribution < 1.29 is 13.2 Å². The maximum atomic E-state index is 12.3. The Hall–Kier alpha value is -1.18. The number of pyridine rings is 1. The summed E-state index contributed by atoms with van der Waals surface area (Å²) in [6.07, 6.45) is 4.72. The van der Waals surface area contributed by atoms with Crippen molar-refractivity contribution >= 4 is 10.2 Å². The molecule has 1 aromatic rings. The molecular weight excluding hydrogens is 278 g/mol. The van der Waals surface area contributed by atoms with Gasteiger partial charge in [0.1, 0.15) is 11.9 Å². The maximum absolute atomic E-state index is 12.3. The Kier molecular flexibility index (Phi) is 4.95. The topological polar surface area (TPSA) is 62.7 Å². The molecule has 6 nitrogen and oxygen atoms in total. The van der Waals surface area contributed by atoms with Gasteiger partial charge in [-0.3, -0.25) is 4.98 Å². The third-order valence-electron chi connectivity index (χ3n) is 3.30. The lowest BCUT2D eigenvalue weighted by molar-refractivity contribution is 0.213. The smallest absolute Gasteiger partial charge is 0.281 e. The molecule has 2 heterocycles. The first kappa shape index (κ1) is 15.2. The van der Waals surface area contributed by atoms with Crippen LogP contribution in [0.3, 0.4) is 0 Å². The molecule has 1 saturated heterocycles. The molecule has 0 N–H and O–H groups in total. The van der Waals surface area contributed by atoms with Crippen molar-refractivity contribution in [2.24, 2.45) is 0 Å². The van der Waals surface area contributed by atoms with Gasteiger partial charge in [-0.1, -0.05) is 6.92 Å². The van der Waals surface area contributed by atoms with E-state index in [2.05, 4.69) is 4.98 Å². The van der Waals surface area contributed by atoms with E-state index in [9.17, 15) is 8.42 Å². The summed E-state index contributed by atoms with van der Waals surface area (Å²) in [7, 11) is -1.74. The molecule has 0 radical (unpaired) electrons. The van der Waals surface area contributed by atoms with Crippen LogP contribution in [-0.2, 0) is 10.2 Å². The molecule has 0 unspecified atom stereocenters. The maximum Gasteiger partial charge on any atom is 0.281 e. The van der Waals surface area contributed by atoms with Crippen molar-refractivity contribution in [2.45, 2.75) is 25.9 Å². The summed E-state index contributed by atoms with van der Waals surface area (Å²) in [5, 5.41) is 0. The van der Waals surface area contributed by atoms with Crippen LogP contribution in [0.5, 0.6) is 5.75 Å². The fourth-order valence-electron chi connectivity index (χ4n) is 2.24. The number of hydrogen-bond donors (Lipinski definition) is 0. The number of nitrogens with zero attached hydrogens (tertiary/aromatic N) is 3. The highest BCUT2D eigenvalue weighted by molar-refractivity contribution is 7.86. The predicted octanol–water partition coefficient (Wildman–Crippen LogP) is 1.12. The molecule has 7 heteroatoms. The normalized spacial score (nSPS) is 20.4. The Morgan fingerprint density at radius 3 is 3.00 bits per heavy atom. The molecule has 20 heavy (non-hydrogen) atoms. The molecule has 1 atom stereocenters. The summed E-state index contributed by atoms with van der Waals surface area (Å²) in [6.45, 7) is 3.39. The van der Waals surface area contributed by atoms with Crippen LogP contribution in [0.4, 0.5) is 0 Å². The number of hydrogen-bond acceptors (Lipinski definition) is 4. The van der Waals surface area contributed by atoms with Gasteiger partial charge in [0.05, 0.1) is 12.7 Å². The molecule has 1 aromatic heterocycles. The van der Waals surface area contributed by atoms with Crippen LogP contribution in [0.1, 0.15) is 19.8 Å². The third-order valence-corrected chi connectivity index (χ3v) is 5.26. The van der Waals surface area contributed by atoms with Crippen molar-refractivity contribution in [3.8, 4) is 5.75 Å². The van der Waals surface area contributed by atoms with E-state index in [4.69, 9.17) is 4.74 Å². The minimum Gasteiger partial charge on any atom is -0.487 e. The third kappa shape index (κ3) is 3.47. The monoisotopic (exact) mass is 299 g/mol. The zero-order chi connectivity index (χ0) is 14.6. The van der Waals surface area contributed by atoms with Gasteiger partial charge in [-0.2, -0.15) is 17.0 Å². The first-order valence-electron chi connectivity index (χ1n) is 6.82. The van der Waals surface area contributed by atoms with Gasteiger partial charge in [0.25, 0.3) is 10.2 Å². The molecule has 112 valence electrons. The Balaban J connectivity index is 1.95. The minimum atomic E-state index is -3.36. The van der Waals surface area contributed by atoms with Crippen molar-refractivity contribution in [1.29, 1.82) is 0 Å². The van der Waals surface area contributed by atoms with Crippen LogP contribution in [-0.4, -0.2) is 54.8 Å². The van der Waals surface area contributed by atoms with Gasteiger partial charge in [0, 0.05) is 26.3 Å². The molecule has 0 aliphatic carbocycles. The first-order chi connectivity index (χ1) is 9.54. The van der Waals surface area contributed by atoms with Crippen LogP contribution in [0, 0.1) is 0 Å². The van der Waals surface area contributed by atoms with Gasteiger partial charge in [0.15, 0.2) is 0 Å². The molecule has 1 aliphatic rings. The van der Waals surface area contributed by atoms with E-state index in [-0.39, 0.29) is 6.10 Å². The molecule has 0 spiro atoms. The lowest BCUT2D eigenvalue weighted by Crippen LogP contribution is -2.41. The molecule has 0 amide bonds. The second-order valence-electron chi connectivity index (χ2n) is 4.90. The quantitative estimate of drug-likeness (QED) is 0.790. The van der Waals surface area contributed by atoms with E-state index in [1.807, 2.05) is 13.0 Å². The van der Waals surface area contributed by atoms with E-state index in [1.165, 1.54) is 8.61 Å². The lowest BCUT2D eigenvalue weighted by atomic mass is 10.3. The largest absolute Gasteiger partial charge is 0.487 e. The van der Waals surface area contributed by atoms with Crippen LogP contribution in [0.25, 0.3) is 0 Å². The number of aromatic nitrogens is 1. The van der Waals surface area contributed by atoms with Crippen molar-refractivity contribution in [3.63, 3.8) is 0 Å². The number of rotatable bonds is 6. The standard InChI is InChI=1S/C13H21N3O3S/c1-3-8-15(2)20(17,18)16-9-6-13(11-16)19-12-5-4-7-14-10-12/h4-5,7,10,13H,3,6,8-9,11H2,1-2H3/t13-/m1/s1. The van der Waals surface area contributed by atoms with Crippen molar-refractivity contribution in [3.05, 3.63) is 24.5 Å². The summed E-state index contributed by atoms with van der Waals surface area (Å²) in [6, 6.07) is 3.63. The molecule has 1 aliphatic heterocycles. The summed E-state index contributed by atoms with van der Waals surface area (Å²) in [5.41, 5.74) is 0. The summed E-state index contributed by atoms with van der Waals surface area (Å²) in [5.74, 6) is 0.679. The van der Waals surface area contributed by atoms with Gasteiger partial charge in [-0.25, -0.2) is 0 Å². The fourth-order valence-corrected chi connectivity index (χ4v) is 3.74. The highest BCUT2D eigenvalue weighted by Gasteiger charge is 2.34. The van der Waals surface area contributed by atoms with E-state index in [1.54, 1.807) is 25.5 Å². The molecule has 0 saturated carbocycles.